The third-order valence-electron chi connectivity index (χ3n) is 4.10. The number of hydrogen-bond donors (Lipinski definition) is 2. The number of benzene rings is 1. The van der Waals surface area contributed by atoms with Crippen molar-refractivity contribution >= 4 is 16.0 Å². The lowest BCUT2D eigenvalue weighted by Crippen LogP contribution is -2.46. The summed E-state index contributed by atoms with van der Waals surface area (Å²) in [5.41, 5.74) is -1.06. The summed E-state index contributed by atoms with van der Waals surface area (Å²) in [5.74, 6) is -0.538. The lowest BCUT2D eigenvalue weighted by atomic mass is 9.85. The first kappa shape index (κ1) is 15.8. The monoisotopic (exact) mass is 313 g/mol. The van der Waals surface area contributed by atoms with E-state index in [1.807, 2.05) is 0 Å². The van der Waals surface area contributed by atoms with Crippen LogP contribution in [0, 0.1) is 5.41 Å². The van der Waals surface area contributed by atoms with E-state index in [9.17, 15) is 18.3 Å². The molecule has 2 N–H and O–H groups in total. The molecule has 2 rings (SSSR count). The molecule has 0 heterocycles. The number of carbonyl (C=O) groups is 1. The summed E-state index contributed by atoms with van der Waals surface area (Å²) in [6.07, 6.45) is 1.67. The van der Waals surface area contributed by atoms with Crippen molar-refractivity contribution < 1.29 is 23.1 Å². The Morgan fingerprint density at radius 2 is 2.19 bits per heavy atom. The summed E-state index contributed by atoms with van der Waals surface area (Å²) >= 11 is 0. The van der Waals surface area contributed by atoms with Gasteiger partial charge >= 0.3 is 5.97 Å². The smallest absolute Gasteiger partial charge is 0.310 e. The van der Waals surface area contributed by atoms with Gasteiger partial charge < -0.3 is 9.84 Å². The average molecular weight is 313 g/mol. The summed E-state index contributed by atoms with van der Waals surface area (Å²) in [4.78, 5) is 11.5. The second-order valence-corrected chi connectivity index (χ2v) is 7.18. The molecule has 7 heteroatoms. The lowest BCUT2D eigenvalue weighted by Gasteiger charge is -2.27. The van der Waals surface area contributed by atoms with E-state index in [1.165, 1.54) is 19.2 Å². The Morgan fingerprint density at radius 1 is 1.48 bits per heavy atom. The van der Waals surface area contributed by atoms with Crippen molar-refractivity contribution in [3.05, 3.63) is 24.3 Å². The molecule has 1 fully saturated rings. The Kier molecular flexibility index (Phi) is 4.25. The largest absolute Gasteiger partial charge is 0.497 e. The maximum Gasteiger partial charge on any atom is 0.310 e. The molecule has 0 radical (unpaired) electrons. The van der Waals surface area contributed by atoms with Gasteiger partial charge in [-0.3, -0.25) is 4.79 Å². The Morgan fingerprint density at radius 3 is 2.81 bits per heavy atom. The highest BCUT2D eigenvalue weighted by Crippen LogP contribution is 2.39. The number of methoxy groups -OCH3 is 1. The third kappa shape index (κ3) is 3.03. The highest BCUT2D eigenvalue weighted by molar-refractivity contribution is 7.89. The molecular formula is C14H19NO5S. The van der Waals surface area contributed by atoms with Crippen LogP contribution in [0.15, 0.2) is 29.2 Å². The second kappa shape index (κ2) is 5.65. The molecule has 0 aromatic heterocycles. The van der Waals surface area contributed by atoms with E-state index in [0.717, 1.165) is 0 Å². The number of hydrogen-bond acceptors (Lipinski definition) is 4. The molecule has 0 saturated heterocycles. The summed E-state index contributed by atoms with van der Waals surface area (Å²) in [5, 5.41) is 9.34. The van der Waals surface area contributed by atoms with Crippen molar-refractivity contribution in [3.8, 4) is 5.75 Å². The van der Waals surface area contributed by atoms with Crippen molar-refractivity contribution in [1.82, 2.24) is 4.72 Å². The molecule has 2 unspecified atom stereocenters. The van der Waals surface area contributed by atoms with Gasteiger partial charge in [-0.05, 0) is 31.9 Å². The molecule has 2 atom stereocenters. The van der Waals surface area contributed by atoms with Crippen LogP contribution in [0.1, 0.15) is 26.2 Å². The maximum atomic E-state index is 12.4. The molecule has 1 aromatic rings. The number of aliphatic carboxylic acids is 1. The number of rotatable bonds is 5. The molecule has 116 valence electrons. The summed E-state index contributed by atoms with van der Waals surface area (Å²) < 4.78 is 32.4. The van der Waals surface area contributed by atoms with Crippen LogP contribution >= 0.6 is 0 Å². The van der Waals surface area contributed by atoms with Crippen molar-refractivity contribution in [2.75, 3.05) is 7.11 Å². The zero-order chi connectivity index (χ0) is 15.7. The van der Waals surface area contributed by atoms with E-state index in [4.69, 9.17) is 4.74 Å². The van der Waals surface area contributed by atoms with Crippen LogP contribution in [-0.4, -0.2) is 32.6 Å². The Balaban J connectivity index is 2.27. The molecule has 0 aliphatic heterocycles. The minimum absolute atomic E-state index is 0.0708. The van der Waals surface area contributed by atoms with E-state index in [-0.39, 0.29) is 4.90 Å². The normalized spacial score (nSPS) is 25.7. The highest BCUT2D eigenvalue weighted by atomic mass is 32.2. The highest BCUT2D eigenvalue weighted by Gasteiger charge is 2.46. The molecule has 1 aliphatic carbocycles. The Labute approximate surface area is 124 Å². The van der Waals surface area contributed by atoms with E-state index >= 15 is 0 Å². The van der Waals surface area contributed by atoms with Gasteiger partial charge in [0.05, 0.1) is 17.4 Å². The third-order valence-corrected chi connectivity index (χ3v) is 5.56. The van der Waals surface area contributed by atoms with Crippen LogP contribution in [-0.2, 0) is 14.8 Å². The van der Waals surface area contributed by atoms with Crippen LogP contribution in [0.4, 0.5) is 0 Å². The van der Waals surface area contributed by atoms with Gasteiger partial charge in [0.15, 0.2) is 0 Å². The number of carboxylic acid groups (broad SMARTS) is 1. The van der Waals surface area contributed by atoms with E-state index in [2.05, 4.69) is 4.72 Å². The van der Waals surface area contributed by atoms with E-state index in [0.29, 0.717) is 25.0 Å². The predicted octanol–water partition coefficient (Wildman–Crippen LogP) is 1.62. The minimum Gasteiger partial charge on any atom is -0.497 e. The van der Waals surface area contributed by atoms with Crippen LogP contribution < -0.4 is 9.46 Å². The quantitative estimate of drug-likeness (QED) is 0.861. The Hall–Kier alpha value is -1.60. The van der Waals surface area contributed by atoms with Crippen LogP contribution in [0.5, 0.6) is 5.75 Å². The SMILES string of the molecule is COc1cccc(S(=O)(=O)NC2CCCC2(C)C(=O)O)c1. The summed E-state index contributed by atoms with van der Waals surface area (Å²) in [7, 11) is -2.32. The van der Waals surface area contributed by atoms with Gasteiger partial charge in [0, 0.05) is 12.1 Å². The Bertz CT molecular complexity index is 643. The molecule has 0 spiro atoms. The second-order valence-electron chi connectivity index (χ2n) is 5.47. The predicted molar refractivity (Wildman–Crippen MR) is 76.7 cm³/mol. The van der Waals surface area contributed by atoms with Crippen LogP contribution in [0.3, 0.4) is 0 Å². The maximum absolute atomic E-state index is 12.4. The zero-order valence-corrected chi connectivity index (χ0v) is 12.8. The van der Waals surface area contributed by atoms with Gasteiger partial charge in [0.2, 0.25) is 10.0 Å². The van der Waals surface area contributed by atoms with Gasteiger partial charge in [-0.1, -0.05) is 12.5 Å². The first-order chi connectivity index (χ1) is 9.79. The van der Waals surface area contributed by atoms with Crippen molar-refractivity contribution in [2.24, 2.45) is 5.41 Å². The van der Waals surface area contributed by atoms with Crippen LogP contribution in [0.25, 0.3) is 0 Å². The first-order valence-electron chi connectivity index (χ1n) is 6.69. The molecule has 1 saturated carbocycles. The van der Waals surface area contributed by atoms with Crippen molar-refractivity contribution in [1.29, 1.82) is 0 Å². The molecule has 1 aromatic carbocycles. The lowest BCUT2D eigenvalue weighted by molar-refractivity contribution is -0.148. The summed E-state index contributed by atoms with van der Waals surface area (Å²) in [6, 6.07) is 5.49. The molecule has 0 amide bonds. The number of nitrogens with one attached hydrogen (secondary N) is 1. The van der Waals surface area contributed by atoms with Gasteiger partial charge in [-0.25, -0.2) is 13.1 Å². The number of carboxylic acids is 1. The van der Waals surface area contributed by atoms with Crippen LogP contribution in [0.2, 0.25) is 0 Å². The number of ether oxygens (including phenoxy) is 1. The van der Waals surface area contributed by atoms with Gasteiger partial charge in [-0.2, -0.15) is 0 Å². The topological polar surface area (TPSA) is 92.7 Å². The fourth-order valence-electron chi connectivity index (χ4n) is 2.63. The molecule has 21 heavy (non-hydrogen) atoms. The van der Waals surface area contributed by atoms with Gasteiger partial charge in [0.25, 0.3) is 0 Å². The van der Waals surface area contributed by atoms with E-state index in [1.54, 1.807) is 19.1 Å². The first-order valence-corrected chi connectivity index (χ1v) is 8.18. The molecule has 6 nitrogen and oxygen atoms in total. The molecular weight excluding hydrogens is 294 g/mol. The van der Waals surface area contributed by atoms with E-state index < -0.39 is 27.4 Å². The van der Waals surface area contributed by atoms with Crippen molar-refractivity contribution in [3.63, 3.8) is 0 Å². The average Bonchev–Trinajstić information content (AvgIpc) is 2.81. The fourth-order valence-corrected chi connectivity index (χ4v) is 4.05. The number of sulfonamides is 1. The molecule has 0 bridgehead atoms. The fraction of sp³-hybridized carbons (Fsp3) is 0.500. The van der Waals surface area contributed by atoms with Gasteiger partial charge in [0.1, 0.15) is 5.75 Å². The molecule has 1 aliphatic rings. The standard InChI is InChI=1S/C14H19NO5S/c1-14(13(16)17)8-4-7-12(14)15-21(18,19)11-6-3-5-10(9-11)20-2/h3,5-6,9,12,15H,4,7-8H2,1-2H3,(H,16,17). The minimum atomic E-state index is -3.77. The zero-order valence-electron chi connectivity index (χ0n) is 12.0. The summed E-state index contributed by atoms with van der Waals surface area (Å²) in [6.45, 7) is 1.58. The van der Waals surface area contributed by atoms with Crippen molar-refractivity contribution in [2.45, 2.75) is 37.1 Å². The van der Waals surface area contributed by atoms with Gasteiger partial charge in [-0.15, -0.1) is 0 Å².